The summed E-state index contributed by atoms with van der Waals surface area (Å²) in [6, 6.07) is 8.33. The number of aromatic nitrogens is 1. The number of rotatable bonds is 4. The molecule has 0 saturated heterocycles. The van der Waals surface area contributed by atoms with Crippen LogP contribution in [0.1, 0.15) is 31.2 Å². The molecule has 1 aromatic carbocycles. The van der Waals surface area contributed by atoms with Gasteiger partial charge in [0.05, 0.1) is 0 Å². The highest BCUT2D eigenvalue weighted by molar-refractivity contribution is 5.83. The van der Waals surface area contributed by atoms with Crippen molar-refractivity contribution in [3.63, 3.8) is 0 Å². The number of aromatic amines is 1. The van der Waals surface area contributed by atoms with Crippen molar-refractivity contribution in [2.75, 3.05) is 6.54 Å². The van der Waals surface area contributed by atoms with Gasteiger partial charge in [0.1, 0.15) is 0 Å². The Hall–Kier alpha value is -1.77. The second kappa shape index (κ2) is 5.21. The zero-order valence-electron chi connectivity index (χ0n) is 12.3. The minimum atomic E-state index is 0.294. The van der Waals surface area contributed by atoms with Gasteiger partial charge in [0, 0.05) is 29.6 Å². The summed E-state index contributed by atoms with van der Waals surface area (Å²) >= 11 is 0. The van der Waals surface area contributed by atoms with E-state index >= 15 is 0 Å². The van der Waals surface area contributed by atoms with Crippen molar-refractivity contribution in [1.82, 2.24) is 10.3 Å². The maximum Gasteiger partial charge on any atom is 0.223 e. The SMILES string of the molecule is O=C(NCCc1c[nH]c2ccccc12)[C@H]1C[C@@H]2CC[C@@H]1C2. The number of nitrogens with one attached hydrogen (secondary N) is 2. The molecule has 2 aliphatic rings. The van der Waals surface area contributed by atoms with E-state index < -0.39 is 0 Å². The van der Waals surface area contributed by atoms with Crippen molar-refractivity contribution in [3.8, 4) is 0 Å². The summed E-state index contributed by atoms with van der Waals surface area (Å²) in [5.74, 6) is 2.09. The van der Waals surface area contributed by atoms with Gasteiger partial charge in [0.2, 0.25) is 5.91 Å². The third kappa shape index (κ3) is 2.35. The van der Waals surface area contributed by atoms with Gasteiger partial charge in [-0.2, -0.15) is 0 Å². The van der Waals surface area contributed by atoms with Gasteiger partial charge in [-0.3, -0.25) is 4.79 Å². The van der Waals surface area contributed by atoms with Crippen LogP contribution in [0.3, 0.4) is 0 Å². The second-order valence-electron chi connectivity index (χ2n) is 6.68. The van der Waals surface area contributed by atoms with Crippen LogP contribution in [0.2, 0.25) is 0 Å². The van der Waals surface area contributed by atoms with Gasteiger partial charge in [-0.05, 0) is 49.1 Å². The van der Waals surface area contributed by atoms with Gasteiger partial charge in [-0.15, -0.1) is 0 Å². The van der Waals surface area contributed by atoms with Crippen LogP contribution in [-0.4, -0.2) is 17.4 Å². The second-order valence-corrected chi connectivity index (χ2v) is 6.68. The number of amides is 1. The Balaban J connectivity index is 1.34. The van der Waals surface area contributed by atoms with Crippen LogP contribution in [0, 0.1) is 17.8 Å². The van der Waals surface area contributed by atoms with E-state index in [0.717, 1.165) is 25.3 Å². The number of para-hydroxylation sites is 1. The molecule has 1 aromatic heterocycles. The molecule has 0 aliphatic heterocycles. The van der Waals surface area contributed by atoms with Gasteiger partial charge < -0.3 is 10.3 Å². The Bertz CT molecular complexity index is 660. The largest absolute Gasteiger partial charge is 0.361 e. The molecule has 1 amide bonds. The van der Waals surface area contributed by atoms with E-state index in [-0.39, 0.29) is 0 Å². The quantitative estimate of drug-likeness (QED) is 0.888. The number of benzene rings is 1. The molecule has 0 unspecified atom stereocenters. The summed E-state index contributed by atoms with van der Waals surface area (Å²) in [7, 11) is 0. The zero-order chi connectivity index (χ0) is 14.2. The topological polar surface area (TPSA) is 44.9 Å². The molecule has 21 heavy (non-hydrogen) atoms. The van der Waals surface area contributed by atoms with Crippen LogP contribution in [0.15, 0.2) is 30.5 Å². The average molecular weight is 282 g/mol. The maximum absolute atomic E-state index is 12.3. The Morgan fingerprint density at radius 1 is 1.24 bits per heavy atom. The van der Waals surface area contributed by atoms with E-state index in [1.54, 1.807) is 0 Å². The molecule has 2 aromatic rings. The smallest absolute Gasteiger partial charge is 0.223 e. The van der Waals surface area contributed by atoms with Gasteiger partial charge in [0.15, 0.2) is 0 Å². The summed E-state index contributed by atoms with van der Waals surface area (Å²) in [6.45, 7) is 0.745. The summed E-state index contributed by atoms with van der Waals surface area (Å²) in [5, 5.41) is 4.43. The van der Waals surface area contributed by atoms with E-state index in [9.17, 15) is 4.79 Å². The van der Waals surface area contributed by atoms with Crippen molar-refractivity contribution in [2.24, 2.45) is 17.8 Å². The molecular weight excluding hydrogens is 260 g/mol. The van der Waals surface area contributed by atoms with Gasteiger partial charge in [-0.1, -0.05) is 24.6 Å². The first-order chi connectivity index (χ1) is 10.3. The summed E-state index contributed by atoms with van der Waals surface area (Å²) in [5.41, 5.74) is 2.46. The number of fused-ring (bicyclic) bond motifs is 3. The molecule has 2 aliphatic carbocycles. The highest BCUT2D eigenvalue weighted by Gasteiger charge is 2.42. The van der Waals surface area contributed by atoms with E-state index in [2.05, 4.69) is 34.7 Å². The normalized spacial score (nSPS) is 27.3. The lowest BCUT2D eigenvalue weighted by molar-refractivity contribution is -0.126. The lowest BCUT2D eigenvalue weighted by Crippen LogP contribution is -2.34. The van der Waals surface area contributed by atoms with Crippen molar-refractivity contribution in [2.45, 2.75) is 32.1 Å². The Morgan fingerprint density at radius 3 is 2.95 bits per heavy atom. The first-order valence-corrected chi connectivity index (χ1v) is 8.14. The standard InChI is InChI=1S/C18H22N2O/c21-18(16-10-12-5-6-13(16)9-12)19-8-7-14-11-20-17-4-2-1-3-15(14)17/h1-4,11-13,16,20H,5-10H2,(H,19,21)/t12-,13-,16+/m1/s1. The number of hydrogen-bond donors (Lipinski definition) is 2. The number of H-pyrrole nitrogens is 1. The van der Waals surface area contributed by atoms with Crippen molar-refractivity contribution in [3.05, 3.63) is 36.0 Å². The lowest BCUT2D eigenvalue weighted by atomic mass is 9.88. The molecule has 3 heteroatoms. The first-order valence-electron chi connectivity index (χ1n) is 8.14. The van der Waals surface area contributed by atoms with Crippen molar-refractivity contribution >= 4 is 16.8 Å². The molecular formula is C18H22N2O. The molecule has 4 rings (SSSR count). The summed E-state index contributed by atoms with van der Waals surface area (Å²) < 4.78 is 0. The molecule has 0 spiro atoms. The van der Waals surface area contributed by atoms with E-state index in [4.69, 9.17) is 0 Å². The monoisotopic (exact) mass is 282 g/mol. The predicted octanol–water partition coefficient (Wildman–Crippen LogP) is 3.26. The minimum absolute atomic E-state index is 0.294. The van der Waals surface area contributed by atoms with E-state index in [0.29, 0.717) is 17.7 Å². The van der Waals surface area contributed by atoms with Gasteiger partial charge in [-0.25, -0.2) is 0 Å². The van der Waals surface area contributed by atoms with Crippen LogP contribution in [0.25, 0.3) is 10.9 Å². The van der Waals surface area contributed by atoms with Crippen LogP contribution in [-0.2, 0) is 11.2 Å². The fourth-order valence-corrected chi connectivity index (χ4v) is 4.36. The molecule has 2 fully saturated rings. The average Bonchev–Trinajstić information content (AvgIpc) is 3.22. The van der Waals surface area contributed by atoms with Crippen LogP contribution in [0.5, 0.6) is 0 Å². The summed E-state index contributed by atoms with van der Waals surface area (Å²) in [4.78, 5) is 15.6. The number of carbonyl (C=O) groups excluding carboxylic acids is 1. The molecule has 2 bridgehead atoms. The first kappa shape index (κ1) is 12.9. The third-order valence-corrected chi connectivity index (χ3v) is 5.44. The lowest BCUT2D eigenvalue weighted by Gasteiger charge is -2.20. The maximum atomic E-state index is 12.3. The van der Waals surface area contributed by atoms with Crippen LogP contribution >= 0.6 is 0 Å². The van der Waals surface area contributed by atoms with Crippen molar-refractivity contribution in [1.29, 1.82) is 0 Å². The van der Waals surface area contributed by atoms with Crippen LogP contribution < -0.4 is 5.32 Å². The highest BCUT2D eigenvalue weighted by atomic mass is 16.1. The fraction of sp³-hybridized carbons (Fsp3) is 0.500. The molecule has 0 radical (unpaired) electrons. The van der Waals surface area contributed by atoms with E-state index in [1.807, 2.05) is 6.07 Å². The Kier molecular flexibility index (Phi) is 3.21. The minimum Gasteiger partial charge on any atom is -0.361 e. The molecule has 2 N–H and O–H groups in total. The summed E-state index contributed by atoms with van der Waals surface area (Å²) in [6.07, 6.45) is 8.00. The molecule has 3 atom stereocenters. The number of hydrogen-bond acceptors (Lipinski definition) is 1. The molecule has 2 saturated carbocycles. The van der Waals surface area contributed by atoms with Crippen molar-refractivity contribution < 1.29 is 4.79 Å². The highest BCUT2D eigenvalue weighted by Crippen LogP contribution is 2.48. The Morgan fingerprint density at radius 2 is 2.14 bits per heavy atom. The van der Waals surface area contributed by atoms with E-state index in [1.165, 1.54) is 35.7 Å². The zero-order valence-corrected chi connectivity index (χ0v) is 12.3. The van der Waals surface area contributed by atoms with Gasteiger partial charge in [0.25, 0.3) is 0 Å². The predicted molar refractivity (Wildman–Crippen MR) is 84.0 cm³/mol. The fourth-order valence-electron chi connectivity index (χ4n) is 4.36. The van der Waals surface area contributed by atoms with Gasteiger partial charge >= 0.3 is 0 Å². The molecule has 3 nitrogen and oxygen atoms in total. The molecule has 1 heterocycles. The third-order valence-electron chi connectivity index (χ3n) is 5.44. The number of carbonyl (C=O) groups is 1. The molecule has 110 valence electrons. The van der Waals surface area contributed by atoms with Crippen LogP contribution in [0.4, 0.5) is 0 Å². The Labute approximate surface area is 125 Å².